The minimum absolute atomic E-state index is 0.00694. The van der Waals surface area contributed by atoms with Crippen LogP contribution in [0.3, 0.4) is 0 Å². The highest BCUT2D eigenvalue weighted by Gasteiger charge is 2.24. The smallest absolute Gasteiger partial charge is 0.240 e. The molecule has 11 nitrogen and oxygen atoms in total. The number of amides is 3. The summed E-state index contributed by atoms with van der Waals surface area (Å²) < 4.78 is 21.2. The van der Waals surface area contributed by atoms with Gasteiger partial charge >= 0.3 is 0 Å². The molecule has 1 fully saturated rings. The molecule has 1 aromatic carbocycles. The van der Waals surface area contributed by atoms with E-state index in [1.165, 1.54) is 4.90 Å². The van der Waals surface area contributed by atoms with Gasteiger partial charge in [0.05, 0.1) is 6.10 Å². The van der Waals surface area contributed by atoms with Crippen molar-refractivity contribution in [3.05, 3.63) is 30.0 Å². The summed E-state index contributed by atoms with van der Waals surface area (Å²) in [6.07, 6.45) is 1.68. The molecule has 3 heterocycles. The molecular formula is C22H26N4O7. The second-order valence-corrected chi connectivity index (χ2v) is 7.83. The van der Waals surface area contributed by atoms with E-state index in [4.69, 9.17) is 18.7 Å². The molecule has 0 unspecified atom stereocenters. The fourth-order valence-corrected chi connectivity index (χ4v) is 3.60. The van der Waals surface area contributed by atoms with Crippen LogP contribution in [0.4, 0.5) is 11.5 Å². The van der Waals surface area contributed by atoms with Crippen LogP contribution >= 0.6 is 0 Å². The number of nitrogens with zero attached hydrogens (tertiary/aromatic N) is 2. The van der Waals surface area contributed by atoms with E-state index in [2.05, 4.69) is 15.8 Å². The first kappa shape index (κ1) is 22.6. The first-order chi connectivity index (χ1) is 16.0. The molecule has 2 aliphatic rings. The molecule has 11 heteroatoms. The minimum Gasteiger partial charge on any atom is -0.454 e. The quantitative estimate of drug-likeness (QED) is 0.581. The molecule has 1 saturated heterocycles. The summed E-state index contributed by atoms with van der Waals surface area (Å²) >= 11 is 0. The number of anilines is 2. The van der Waals surface area contributed by atoms with Crippen molar-refractivity contribution >= 4 is 29.2 Å². The van der Waals surface area contributed by atoms with E-state index in [1.54, 1.807) is 31.2 Å². The number of nitrogens with one attached hydrogen (secondary N) is 2. The molecule has 1 atom stereocenters. The van der Waals surface area contributed by atoms with Gasteiger partial charge in [-0.2, -0.15) is 0 Å². The molecule has 0 bridgehead atoms. The van der Waals surface area contributed by atoms with Crippen LogP contribution in [0.1, 0.15) is 31.4 Å². The normalized spacial score (nSPS) is 16.5. The maximum Gasteiger partial charge on any atom is 0.240 e. The van der Waals surface area contributed by atoms with Crippen molar-refractivity contribution in [2.75, 3.05) is 36.7 Å². The van der Waals surface area contributed by atoms with Crippen LogP contribution in [-0.4, -0.2) is 55.5 Å². The molecule has 2 aliphatic heterocycles. The molecule has 2 N–H and O–H groups in total. The Labute approximate surface area is 190 Å². The van der Waals surface area contributed by atoms with Crippen molar-refractivity contribution in [3.8, 4) is 11.5 Å². The third-order valence-corrected chi connectivity index (χ3v) is 5.28. The number of hydrogen-bond acceptors (Lipinski definition) is 8. The summed E-state index contributed by atoms with van der Waals surface area (Å²) in [5.74, 6) is 0.813. The fraction of sp³-hybridized carbons (Fsp3) is 0.455. The van der Waals surface area contributed by atoms with Crippen LogP contribution in [0.25, 0.3) is 0 Å². The van der Waals surface area contributed by atoms with Crippen molar-refractivity contribution in [1.82, 2.24) is 10.5 Å². The number of carbonyl (C=O) groups is 3. The number of carbonyl (C=O) groups excluding carboxylic acids is 3. The molecule has 0 aliphatic carbocycles. The first-order valence-corrected chi connectivity index (χ1v) is 10.8. The van der Waals surface area contributed by atoms with Gasteiger partial charge in [-0.15, -0.1) is 0 Å². The van der Waals surface area contributed by atoms with E-state index in [0.717, 1.165) is 12.8 Å². The summed E-state index contributed by atoms with van der Waals surface area (Å²) in [6, 6.07) is 6.59. The van der Waals surface area contributed by atoms with Gasteiger partial charge in [-0.25, -0.2) is 0 Å². The van der Waals surface area contributed by atoms with Crippen LogP contribution in [0.5, 0.6) is 11.5 Å². The molecule has 2 aromatic rings. The average molecular weight is 458 g/mol. The van der Waals surface area contributed by atoms with Crippen molar-refractivity contribution in [2.24, 2.45) is 0 Å². The van der Waals surface area contributed by atoms with Gasteiger partial charge in [0.2, 0.25) is 24.5 Å². The predicted octanol–water partition coefficient (Wildman–Crippen LogP) is 1.76. The predicted molar refractivity (Wildman–Crippen MR) is 116 cm³/mol. The highest BCUT2D eigenvalue weighted by atomic mass is 16.7. The summed E-state index contributed by atoms with van der Waals surface area (Å²) in [7, 11) is 0. The van der Waals surface area contributed by atoms with Gasteiger partial charge in [-0.05, 0) is 31.9 Å². The van der Waals surface area contributed by atoms with Gasteiger partial charge in [-0.3, -0.25) is 14.4 Å². The minimum atomic E-state index is -0.384. The highest BCUT2D eigenvalue weighted by Crippen LogP contribution is 2.35. The molecular weight excluding hydrogens is 432 g/mol. The molecule has 4 rings (SSSR count). The Morgan fingerprint density at radius 1 is 1.12 bits per heavy atom. The Hall–Kier alpha value is -3.60. The Kier molecular flexibility index (Phi) is 7.08. The molecule has 33 heavy (non-hydrogen) atoms. The van der Waals surface area contributed by atoms with Gasteiger partial charge in [0, 0.05) is 43.8 Å². The summed E-state index contributed by atoms with van der Waals surface area (Å²) in [5, 5.41) is 9.10. The topological polar surface area (TPSA) is 132 Å². The maximum absolute atomic E-state index is 13.0. The molecule has 0 spiro atoms. The summed E-state index contributed by atoms with van der Waals surface area (Å²) in [5.41, 5.74) is 0.476. The average Bonchev–Trinajstić information content (AvgIpc) is 3.56. The number of fused-ring (bicyclic) bond motifs is 1. The SMILES string of the molecule is Cc1cc(NC(=O)CCC(=O)N(CC(=O)NC[C@H]2CCCO2)c2ccc3c(c2)OCO3)no1. The monoisotopic (exact) mass is 458 g/mol. The van der Waals surface area contributed by atoms with E-state index in [-0.39, 0.29) is 55.8 Å². The zero-order chi connectivity index (χ0) is 23.2. The second-order valence-electron chi connectivity index (χ2n) is 7.83. The lowest BCUT2D eigenvalue weighted by atomic mass is 10.2. The third kappa shape index (κ3) is 6.01. The number of rotatable bonds is 9. The van der Waals surface area contributed by atoms with Gasteiger partial charge in [0.25, 0.3) is 0 Å². The van der Waals surface area contributed by atoms with Gasteiger partial charge in [0.15, 0.2) is 17.3 Å². The third-order valence-electron chi connectivity index (χ3n) is 5.28. The van der Waals surface area contributed by atoms with E-state index in [9.17, 15) is 14.4 Å². The summed E-state index contributed by atoms with van der Waals surface area (Å²) in [4.78, 5) is 39.2. The molecule has 3 amide bonds. The molecule has 0 saturated carbocycles. The standard InChI is InChI=1S/C22H26N4O7/c1-14-9-19(25-33-14)24-20(27)6-7-22(29)26(12-21(28)23-11-16-3-2-8-30-16)15-4-5-17-18(10-15)32-13-31-17/h4-5,9-10,16H,2-3,6-8,11-13H2,1H3,(H,23,28)(H,24,25,27)/t16-/m1/s1. The second kappa shape index (κ2) is 10.3. The van der Waals surface area contributed by atoms with Crippen LogP contribution in [-0.2, 0) is 19.1 Å². The number of benzene rings is 1. The van der Waals surface area contributed by atoms with Crippen LogP contribution in [0.2, 0.25) is 0 Å². The Morgan fingerprint density at radius 2 is 1.97 bits per heavy atom. The molecule has 1 aromatic heterocycles. The van der Waals surface area contributed by atoms with E-state index in [1.807, 2.05) is 0 Å². The number of aryl methyl sites for hydroxylation is 1. The zero-order valence-corrected chi connectivity index (χ0v) is 18.3. The Morgan fingerprint density at radius 3 is 2.73 bits per heavy atom. The van der Waals surface area contributed by atoms with E-state index >= 15 is 0 Å². The highest BCUT2D eigenvalue weighted by molar-refractivity contribution is 6.01. The van der Waals surface area contributed by atoms with Crippen LogP contribution in [0, 0.1) is 6.92 Å². The van der Waals surface area contributed by atoms with E-state index < -0.39 is 0 Å². The number of ether oxygens (including phenoxy) is 3. The Bertz CT molecular complexity index is 1020. The van der Waals surface area contributed by atoms with Crippen molar-refractivity contribution < 1.29 is 33.1 Å². The number of aromatic nitrogens is 1. The van der Waals surface area contributed by atoms with Crippen molar-refractivity contribution in [3.63, 3.8) is 0 Å². The van der Waals surface area contributed by atoms with Crippen molar-refractivity contribution in [2.45, 2.75) is 38.7 Å². The van der Waals surface area contributed by atoms with Gasteiger partial charge < -0.3 is 34.3 Å². The molecule has 0 radical (unpaired) electrons. The lowest BCUT2D eigenvalue weighted by molar-refractivity contribution is -0.125. The van der Waals surface area contributed by atoms with Crippen molar-refractivity contribution in [1.29, 1.82) is 0 Å². The van der Waals surface area contributed by atoms with Gasteiger partial charge in [-0.1, -0.05) is 5.16 Å². The Balaban J connectivity index is 1.39. The largest absolute Gasteiger partial charge is 0.454 e. The first-order valence-electron chi connectivity index (χ1n) is 10.8. The fourth-order valence-electron chi connectivity index (χ4n) is 3.60. The van der Waals surface area contributed by atoms with Crippen LogP contribution in [0.15, 0.2) is 28.8 Å². The molecule has 176 valence electrons. The van der Waals surface area contributed by atoms with Crippen LogP contribution < -0.4 is 25.0 Å². The lowest BCUT2D eigenvalue weighted by Gasteiger charge is -2.23. The van der Waals surface area contributed by atoms with Gasteiger partial charge in [0.1, 0.15) is 12.3 Å². The summed E-state index contributed by atoms with van der Waals surface area (Å²) in [6.45, 7) is 2.69. The lowest BCUT2D eigenvalue weighted by Crippen LogP contribution is -2.43. The number of hydrogen-bond donors (Lipinski definition) is 2. The van der Waals surface area contributed by atoms with E-state index in [0.29, 0.717) is 36.1 Å². The zero-order valence-electron chi connectivity index (χ0n) is 18.3. The maximum atomic E-state index is 13.0.